The maximum absolute atomic E-state index is 12.4. The van der Waals surface area contributed by atoms with Crippen LogP contribution in [0.1, 0.15) is 38.3 Å². The lowest BCUT2D eigenvalue weighted by Crippen LogP contribution is -2.26. The van der Waals surface area contributed by atoms with Crippen molar-refractivity contribution in [2.45, 2.75) is 25.7 Å². The van der Waals surface area contributed by atoms with Gasteiger partial charge in [0.1, 0.15) is 0 Å². The largest absolute Gasteiger partial charge is 0.381 e. The minimum atomic E-state index is -0.0664. The van der Waals surface area contributed by atoms with E-state index in [9.17, 15) is 4.79 Å². The van der Waals surface area contributed by atoms with Gasteiger partial charge in [0.05, 0.1) is 22.9 Å². The number of amides is 1. The quantitative estimate of drug-likeness (QED) is 0.910. The number of aryl methyl sites for hydroxylation is 2. The van der Waals surface area contributed by atoms with E-state index in [2.05, 4.69) is 15.4 Å². The fourth-order valence-corrected chi connectivity index (χ4v) is 3.41. The Labute approximate surface area is 133 Å². The van der Waals surface area contributed by atoms with Crippen LogP contribution < -0.4 is 5.32 Å². The van der Waals surface area contributed by atoms with E-state index in [0.717, 1.165) is 30.2 Å². The second kappa shape index (κ2) is 6.58. The summed E-state index contributed by atoms with van der Waals surface area (Å²) in [5.41, 5.74) is 1.51. The van der Waals surface area contributed by atoms with Gasteiger partial charge in [0.15, 0.2) is 0 Å². The molecule has 7 heteroatoms. The van der Waals surface area contributed by atoms with Gasteiger partial charge in [-0.1, -0.05) is 0 Å². The van der Waals surface area contributed by atoms with Crippen LogP contribution in [0.25, 0.3) is 0 Å². The lowest BCUT2D eigenvalue weighted by Gasteiger charge is -2.07. The van der Waals surface area contributed by atoms with Crippen molar-refractivity contribution >= 4 is 17.2 Å². The molecule has 118 valence electrons. The smallest absolute Gasteiger partial charge is 0.254 e. The Hall–Kier alpha value is -1.73. The van der Waals surface area contributed by atoms with Crippen molar-refractivity contribution in [2.75, 3.05) is 19.8 Å². The molecule has 3 rings (SSSR count). The number of carbonyl (C=O) groups excluding carboxylic acids is 1. The molecule has 0 aliphatic carbocycles. The second-order valence-electron chi connectivity index (χ2n) is 5.53. The summed E-state index contributed by atoms with van der Waals surface area (Å²) in [7, 11) is 1.84. The summed E-state index contributed by atoms with van der Waals surface area (Å²) < 4.78 is 7.11. The Bertz CT molecular complexity index is 658. The van der Waals surface area contributed by atoms with Crippen molar-refractivity contribution in [1.29, 1.82) is 0 Å². The number of nitrogens with one attached hydrogen (secondary N) is 1. The molecule has 0 bridgehead atoms. The number of carbonyl (C=O) groups is 1. The van der Waals surface area contributed by atoms with Crippen molar-refractivity contribution in [3.8, 4) is 0 Å². The Morgan fingerprint density at radius 3 is 3.14 bits per heavy atom. The number of aromatic nitrogens is 3. The van der Waals surface area contributed by atoms with Crippen LogP contribution in [0.5, 0.6) is 0 Å². The zero-order valence-electron chi connectivity index (χ0n) is 12.8. The molecular weight excluding hydrogens is 300 g/mol. The van der Waals surface area contributed by atoms with Gasteiger partial charge >= 0.3 is 0 Å². The maximum Gasteiger partial charge on any atom is 0.254 e. The molecule has 3 heterocycles. The zero-order valence-corrected chi connectivity index (χ0v) is 13.7. The van der Waals surface area contributed by atoms with Crippen molar-refractivity contribution in [3.63, 3.8) is 0 Å². The molecule has 2 aromatic heterocycles. The van der Waals surface area contributed by atoms with Gasteiger partial charge in [-0.25, -0.2) is 4.98 Å². The molecule has 22 heavy (non-hydrogen) atoms. The summed E-state index contributed by atoms with van der Waals surface area (Å²) in [5, 5.41) is 8.47. The lowest BCUT2D eigenvalue weighted by molar-refractivity contribution is 0.0952. The summed E-state index contributed by atoms with van der Waals surface area (Å²) in [4.78, 5) is 17.9. The van der Waals surface area contributed by atoms with Gasteiger partial charge in [-0.3, -0.25) is 9.48 Å². The number of nitrogens with zero attached hydrogens (tertiary/aromatic N) is 3. The third kappa shape index (κ3) is 3.36. The molecule has 1 N–H and O–H groups in total. The molecule has 6 nitrogen and oxygen atoms in total. The highest BCUT2D eigenvalue weighted by Gasteiger charge is 2.26. The number of hydrogen-bond acceptors (Lipinski definition) is 5. The van der Waals surface area contributed by atoms with E-state index in [1.54, 1.807) is 22.2 Å². The van der Waals surface area contributed by atoms with Crippen LogP contribution in [-0.2, 0) is 18.2 Å². The van der Waals surface area contributed by atoms with E-state index in [4.69, 9.17) is 4.74 Å². The van der Waals surface area contributed by atoms with Crippen molar-refractivity contribution in [3.05, 3.63) is 33.5 Å². The highest BCUT2D eigenvalue weighted by atomic mass is 32.1. The van der Waals surface area contributed by atoms with Crippen LogP contribution >= 0.6 is 11.3 Å². The fourth-order valence-electron chi connectivity index (χ4n) is 2.63. The Kier molecular flexibility index (Phi) is 4.54. The SMILES string of the molecule is Cc1cnc(CCNC(=O)c2cn(C)nc2[C@@H]2CCOC2)s1. The summed E-state index contributed by atoms with van der Waals surface area (Å²) in [6.07, 6.45) is 5.33. The second-order valence-corrected chi connectivity index (χ2v) is 6.85. The van der Waals surface area contributed by atoms with Crippen LogP contribution in [0.2, 0.25) is 0 Å². The predicted octanol–water partition coefficient (Wildman–Crippen LogP) is 1.66. The molecule has 0 radical (unpaired) electrons. The summed E-state index contributed by atoms with van der Waals surface area (Å²) in [6.45, 7) is 4.01. The van der Waals surface area contributed by atoms with Crippen LogP contribution in [0, 0.1) is 6.92 Å². The number of ether oxygens (including phenoxy) is 1. The Morgan fingerprint density at radius 2 is 2.45 bits per heavy atom. The minimum Gasteiger partial charge on any atom is -0.381 e. The van der Waals surface area contributed by atoms with Gasteiger partial charge in [0.25, 0.3) is 5.91 Å². The van der Waals surface area contributed by atoms with Gasteiger partial charge in [-0.2, -0.15) is 5.10 Å². The first-order valence-electron chi connectivity index (χ1n) is 7.44. The molecule has 0 aromatic carbocycles. The van der Waals surface area contributed by atoms with Gasteiger partial charge in [0.2, 0.25) is 0 Å². The number of hydrogen-bond donors (Lipinski definition) is 1. The van der Waals surface area contributed by atoms with E-state index < -0.39 is 0 Å². The first-order valence-corrected chi connectivity index (χ1v) is 8.26. The zero-order chi connectivity index (χ0) is 15.5. The average molecular weight is 320 g/mol. The standard InChI is InChI=1S/C15H20N4O2S/c1-10-7-17-13(22-10)3-5-16-15(20)12-8-19(2)18-14(12)11-4-6-21-9-11/h7-8,11H,3-6,9H2,1-2H3,(H,16,20)/t11-/m1/s1. The van der Waals surface area contributed by atoms with Crippen LogP contribution in [0.4, 0.5) is 0 Å². The van der Waals surface area contributed by atoms with Crippen molar-refractivity contribution in [1.82, 2.24) is 20.1 Å². The molecule has 1 atom stereocenters. The first kappa shape index (κ1) is 15.2. The highest BCUT2D eigenvalue weighted by Crippen LogP contribution is 2.26. The van der Waals surface area contributed by atoms with Crippen LogP contribution in [0.3, 0.4) is 0 Å². The van der Waals surface area contributed by atoms with Gasteiger partial charge in [0, 0.05) is 49.8 Å². The van der Waals surface area contributed by atoms with Gasteiger partial charge < -0.3 is 10.1 Å². The molecule has 1 aliphatic rings. The minimum absolute atomic E-state index is 0.0664. The lowest BCUT2D eigenvalue weighted by atomic mass is 10.0. The third-order valence-electron chi connectivity index (χ3n) is 3.71. The van der Waals surface area contributed by atoms with Gasteiger partial charge in [-0.05, 0) is 13.3 Å². The molecule has 1 amide bonds. The first-order chi connectivity index (χ1) is 10.6. The summed E-state index contributed by atoms with van der Waals surface area (Å²) in [5.74, 6) is 0.159. The summed E-state index contributed by atoms with van der Waals surface area (Å²) in [6, 6.07) is 0. The topological polar surface area (TPSA) is 69.0 Å². The van der Waals surface area contributed by atoms with E-state index in [0.29, 0.717) is 18.7 Å². The van der Waals surface area contributed by atoms with E-state index >= 15 is 0 Å². The average Bonchev–Trinajstić information content (AvgIpc) is 3.19. The highest BCUT2D eigenvalue weighted by molar-refractivity contribution is 7.11. The van der Waals surface area contributed by atoms with Crippen molar-refractivity contribution in [2.24, 2.45) is 7.05 Å². The molecule has 0 saturated carbocycles. The molecule has 0 unspecified atom stereocenters. The van der Waals surface area contributed by atoms with Gasteiger partial charge in [-0.15, -0.1) is 11.3 Å². The Balaban J connectivity index is 1.62. The number of rotatable bonds is 5. The van der Waals surface area contributed by atoms with E-state index in [1.165, 1.54) is 4.88 Å². The maximum atomic E-state index is 12.4. The molecule has 1 saturated heterocycles. The molecule has 2 aromatic rings. The monoisotopic (exact) mass is 320 g/mol. The molecule has 1 fully saturated rings. The fraction of sp³-hybridized carbons (Fsp3) is 0.533. The van der Waals surface area contributed by atoms with Crippen LogP contribution in [-0.4, -0.2) is 40.4 Å². The Morgan fingerprint density at radius 1 is 1.59 bits per heavy atom. The molecule has 0 spiro atoms. The van der Waals surface area contributed by atoms with E-state index in [1.807, 2.05) is 20.2 Å². The van der Waals surface area contributed by atoms with Crippen molar-refractivity contribution < 1.29 is 9.53 Å². The third-order valence-corrected chi connectivity index (χ3v) is 4.68. The predicted molar refractivity (Wildman–Crippen MR) is 84.3 cm³/mol. The van der Waals surface area contributed by atoms with Crippen LogP contribution in [0.15, 0.2) is 12.4 Å². The normalized spacial score (nSPS) is 17.8. The van der Waals surface area contributed by atoms with E-state index in [-0.39, 0.29) is 11.8 Å². The number of thiazole rings is 1. The molecule has 1 aliphatic heterocycles. The molecular formula is C15H20N4O2S. The summed E-state index contributed by atoms with van der Waals surface area (Å²) >= 11 is 1.67.